The van der Waals surface area contributed by atoms with Crippen molar-refractivity contribution >= 4 is 15.9 Å². The standard InChI is InChI=1S/C17H15F3N2O4S/c18-17(19,20)13-5-1-11(2-6-13)12-3-7-14(8-4-12)27(25,26)21-15-9-10-22(24)16(15)23/h1-8,15,21,24H,9-10H2. The summed E-state index contributed by atoms with van der Waals surface area (Å²) in [6.07, 6.45) is -4.28. The molecule has 3 rings (SSSR count). The largest absolute Gasteiger partial charge is 0.416 e. The first kappa shape index (κ1) is 19.3. The number of amides is 1. The summed E-state index contributed by atoms with van der Waals surface area (Å²) in [5.41, 5.74) is 0.275. The Balaban J connectivity index is 1.77. The van der Waals surface area contributed by atoms with Crippen LogP contribution in [0.1, 0.15) is 12.0 Å². The normalized spacial score (nSPS) is 18.1. The van der Waals surface area contributed by atoms with Gasteiger partial charge in [-0.2, -0.15) is 17.9 Å². The molecule has 0 aliphatic carbocycles. The number of hydrogen-bond donors (Lipinski definition) is 2. The molecule has 1 aliphatic heterocycles. The molecule has 6 nitrogen and oxygen atoms in total. The molecule has 0 saturated carbocycles. The highest BCUT2D eigenvalue weighted by Crippen LogP contribution is 2.31. The van der Waals surface area contributed by atoms with Crippen molar-refractivity contribution in [1.82, 2.24) is 9.79 Å². The zero-order valence-electron chi connectivity index (χ0n) is 13.8. The Labute approximate surface area is 153 Å². The molecule has 1 aliphatic rings. The van der Waals surface area contributed by atoms with Gasteiger partial charge in [0.25, 0.3) is 5.91 Å². The first-order valence-electron chi connectivity index (χ1n) is 7.88. The monoisotopic (exact) mass is 400 g/mol. The maximum atomic E-state index is 12.6. The zero-order valence-corrected chi connectivity index (χ0v) is 14.6. The summed E-state index contributed by atoms with van der Waals surface area (Å²) in [6, 6.07) is 9.00. The van der Waals surface area contributed by atoms with Gasteiger partial charge in [0.15, 0.2) is 0 Å². The maximum Gasteiger partial charge on any atom is 0.416 e. The Hall–Kier alpha value is -2.43. The van der Waals surface area contributed by atoms with E-state index in [1.807, 2.05) is 0 Å². The van der Waals surface area contributed by atoms with Crippen LogP contribution in [0.4, 0.5) is 13.2 Å². The Bertz CT molecular complexity index is 942. The van der Waals surface area contributed by atoms with E-state index in [1.54, 1.807) is 0 Å². The van der Waals surface area contributed by atoms with Crippen LogP contribution in [0.3, 0.4) is 0 Å². The Kier molecular flexibility index (Phi) is 4.98. The molecular weight excluding hydrogens is 385 g/mol. The number of sulfonamides is 1. The second-order valence-corrected chi connectivity index (χ2v) is 7.74. The van der Waals surface area contributed by atoms with E-state index in [9.17, 15) is 31.6 Å². The van der Waals surface area contributed by atoms with Gasteiger partial charge in [-0.1, -0.05) is 24.3 Å². The lowest BCUT2D eigenvalue weighted by molar-refractivity contribution is -0.158. The summed E-state index contributed by atoms with van der Waals surface area (Å²) in [4.78, 5) is 11.5. The van der Waals surface area contributed by atoms with Gasteiger partial charge in [-0.15, -0.1) is 0 Å². The van der Waals surface area contributed by atoms with Crippen molar-refractivity contribution in [2.24, 2.45) is 0 Å². The Morgan fingerprint density at radius 1 is 1.00 bits per heavy atom. The van der Waals surface area contributed by atoms with Crippen LogP contribution >= 0.6 is 0 Å². The molecule has 2 N–H and O–H groups in total. The highest BCUT2D eigenvalue weighted by atomic mass is 32.2. The molecule has 144 valence electrons. The van der Waals surface area contributed by atoms with Crippen molar-refractivity contribution in [3.8, 4) is 11.1 Å². The van der Waals surface area contributed by atoms with Crippen molar-refractivity contribution in [1.29, 1.82) is 0 Å². The molecule has 0 aromatic heterocycles. The van der Waals surface area contributed by atoms with Crippen LogP contribution in [0, 0.1) is 0 Å². The van der Waals surface area contributed by atoms with E-state index in [0.29, 0.717) is 16.2 Å². The minimum Gasteiger partial charge on any atom is -0.286 e. The quantitative estimate of drug-likeness (QED) is 0.773. The number of hydrogen-bond acceptors (Lipinski definition) is 4. The molecule has 1 unspecified atom stereocenters. The van der Waals surface area contributed by atoms with Crippen molar-refractivity contribution in [2.75, 3.05) is 6.54 Å². The fourth-order valence-electron chi connectivity index (χ4n) is 2.71. The molecule has 27 heavy (non-hydrogen) atoms. The third-order valence-corrected chi connectivity index (χ3v) is 5.68. The molecule has 2 aromatic rings. The van der Waals surface area contributed by atoms with Crippen molar-refractivity contribution in [3.05, 3.63) is 54.1 Å². The van der Waals surface area contributed by atoms with Crippen LogP contribution in [0.2, 0.25) is 0 Å². The third-order valence-electron chi connectivity index (χ3n) is 4.19. The first-order chi connectivity index (χ1) is 12.6. The minimum absolute atomic E-state index is 0.0406. The van der Waals surface area contributed by atoms with Crippen molar-refractivity contribution in [2.45, 2.75) is 23.5 Å². The SMILES string of the molecule is O=C1C(NS(=O)(=O)c2ccc(-c3ccc(C(F)(F)F)cc3)cc2)CCN1O. The number of carbonyl (C=O) groups excluding carboxylic acids is 1. The summed E-state index contributed by atoms with van der Waals surface area (Å²) in [5.74, 6) is -0.722. The summed E-state index contributed by atoms with van der Waals surface area (Å²) < 4.78 is 64.8. The van der Waals surface area contributed by atoms with Gasteiger partial charge >= 0.3 is 6.18 Å². The highest BCUT2D eigenvalue weighted by molar-refractivity contribution is 7.89. The van der Waals surface area contributed by atoms with Crippen LogP contribution in [-0.2, 0) is 21.0 Å². The van der Waals surface area contributed by atoms with Gasteiger partial charge in [-0.25, -0.2) is 13.5 Å². The minimum atomic E-state index is -4.43. The predicted molar refractivity (Wildman–Crippen MR) is 89.1 cm³/mol. The number of alkyl halides is 3. The van der Waals surface area contributed by atoms with Crippen LogP contribution in [0.15, 0.2) is 53.4 Å². The van der Waals surface area contributed by atoms with Crippen LogP contribution in [-0.4, -0.2) is 37.2 Å². The summed E-state index contributed by atoms with van der Waals surface area (Å²) in [6.45, 7) is 0.0406. The molecule has 10 heteroatoms. The van der Waals surface area contributed by atoms with Gasteiger partial charge in [-0.3, -0.25) is 10.0 Å². The second-order valence-electron chi connectivity index (χ2n) is 6.02. The van der Waals surface area contributed by atoms with Gasteiger partial charge < -0.3 is 0 Å². The number of benzene rings is 2. The second kappa shape index (κ2) is 6.95. The molecule has 1 atom stereocenters. The first-order valence-corrected chi connectivity index (χ1v) is 9.36. The lowest BCUT2D eigenvalue weighted by Gasteiger charge is -2.12. The predicted octanol–water partition coefficient (Wildman–Crippen LogP) is 2.64. The van der Waals surface area contributed by atoms with Crippen LogP contribution in [0.5, 0.6) is 0 Å². The molecule has 1 heterocycles. The summed E-state index contributed by atoms with van der Waals surface area (Å²) in [5, 5.41) is 9.71. The Morgan fingerprint density at radius 2 is 1.52 bits per heavy atom. The third kappa shape index (κ3) is 4.12. The lowest BCUT2D eigenvalue weighted by Crippen LogP contribution is -2.40. The van der Waals surface area contributed by atoms with Crippen LogP contribution in [0.25, 0.3) is 11.1 Å². The molecule has 1 fully saturated rings. The average molecular weight is 400 g/mol. The van der Waals surface area contributed by atoms with E-state index in [2.05, 4.69) is 4.72 Å². The van der Waals surface area contributed by atoms with Gasteiger partial charge in [0.1, 0.15) is 6.04 Å². The maximum absolute atomic E-state index is 12.6. The van der Waals surface area contributed by atoms with E-state index in [0.717, 1.165) is 12.1 Å². The van der Waals surface area contributed by atoms with E-state index < -0.39 is 33.7 Å². The Morgan fingerprint density at radius 3 is 1.96 bits per heavy atom. The fourth-order valence-corrected chi connectivity index (χ4v) is 3.93. The topological polar surface area (TPSA) is 86.7 Å². The van der Waals surface area contributed by atoms with Gasteiger partial charge in [0, 0.05) is 0 Å². The number of hydroxylamine groups is 2. The zero-order chi connectivity index (χ0) is 19.8. The molecule has 0 bridgehead atoms. The number of rotatable bonds is 4. The van der Waals surface area contributed by atoms with E-state index in [-0.39, 0.29) is 17.9 Å². The smallest absolute Gasteiger partial charge is 0.286 e. The van der Waals surface area contributed by atoms with Crippen molar-refractivity contribution in [3.63, 3.8) is 0 Å². The molecule has 0 spiro atoms. The number of carbonyl (C=O) groups is 1. The molecule has 0 radical (unpaired) electrons. The lowest BCUT2D eigenvalue weighted by atomic mass is 10.0. The number of nitrogens with one attached hydrogen (secondary N) is 1. The van der Waals surface area contributed by atoms with Crippen molar-refractivity contribution < 1.29 is 31.6 Å². The molecule has 1 amide bonds. The molecular formula is C17H15F3N2O4S. The van der Waals surface area contributed by atoms with Gasteiger partial charge in [0.05, 0.1) is 17.0 Å². The summed E-state index contributed by atoms with van der Waals surface area (Å²) in [7, 11) is -3.98. The van der Waals surface area contributed by atoms with E-state index in [1.165, 1.54) is 36.4 Å². The fraction of sp³-hybridized carbons (Fsp3) is 0.235. The number of nitrogens with zero attached hydrogens (tertiary/aromatic N) is 1. The van der Waals surface area contributed by atoms with Crippen LogP contribution < -0.4 is 4.72 Å². The van der Waals surface area contributed by atoms with Gasteiger partial charge in [0.2, 0.25) is 10.0 Å². The van der Waals surface area contributed by atoms with E-state index in [4.69, 9.17) is 0 Å². The van der Waals surface area contributed by atoms with Gasteiger partial charge in [-0.05, 0) is 41.8 Å². The highest BCUT2D eigenvalue weighted by Gasteiger charge is 2.34. The number of halogens is 3. The average Bonchev–Trinajstić information content (AvgIpc) is 2.93. The summed E-state index contributed by atoms with van der Waals surface area (Å²) >= 11 is 0. The molecule has 2 aromatic carbocycles. The van der Waals surface area contributed by atoms with E-state index >= 15 is 0 Å². The molecule has 1 saturated heterocycles.